The van der Waals surface area contributed by atoms with Crippen LogP contribution in [0.3, 0.4) is 0 Å². The van der Waals surface area contributed by atoms with Gasteiger partial charge in [-0.3, -0.25) is 0 Å². The van der Waals surface area contributed by atoms with E-state index in [2.05, 4.69) is 12.2 Å². The Bertz CT molecular complexity index is 186. The first-order valence-electron chi connectivity index (χ1n) is 7.72. The van der Waals surface area contributed by atoms with Crippen molar-refractivity contribution in [3.05, 3.63) is 12.2 Å². The Morgan fingerprint density at radius 1 is 0.588 bits per heavy atom. The second-order valence-electron chi connectivity index (χ2n) is 5.46. The van der Waals surface area contributed by atoms with Crippen molar-refractivity contribution in [2.45, 2.75) is 89.6 Å². The number of hydrogen-bond donors (Lipinski definition) is 1. The summed E-state index contributed by atoms with van der Waals surface area (Å²) in [5.74, 6) is 0. The monoisotopic (exact) mass is 238 g/mol. The van der Waals surface area contributed by atoms with Crippen molar-refractivity contribution in [3.8, 4) is 0 Å². The van der Waals surface area contributed by atoms with Crippen LogP contribution in [0.5, 0.6) is 0 Å². The molecule has 1 heteroatoms. The van der Waals surface area contributed by atoms with Gasteiger partial charge in [-0.1, -0.05) is 63.5 Å². The van der Waals surface area contributed by atoms with E-state index in [1.165, 1.54) is 64.2 Å². The van der Waals surface area contributed by atoms with Gasteiger partial charge in [0.2, 0.25) is 0 Å². The third kappa shape index (κ3) is 9.41. The molecule has 1 aliphatic carbocycles. The van der Waals surface area contributed by atoms with Gasteiger partial charge >= 0.3 is 0 Å². The predicted molar refractivity (Wildman–Crippen MR) is 75.2 cm³/mol. The molecule has 0 aromatic rings. The normalized spacial score (nSPS) is 28.6. The summed E-state index contributed by atoms with van der Waals surface area (Å²) < 4.78 is 0. The van der Waals surface area contributed by atoms with E-state index in [1.54, 1.807) is 0 Å². The molecule has 1 N–H and O–H groups in total. The summed E-state index contributed by atoms with van der Waals surface area (Å²) in [5, 5.41) is 9.79. The molecule has 0 amide bonds. The summed E-state index contributed by atoms with van der Waals surface area (Å²) in [5.41, 5.74) is 0. The summed E-state index contributed by atoms with van der Waals surface area (Å²) in [6.45, 7) is 0. The zero-order chi connectivity index (χ0) is 12.2. The lowest BCUT2D eigenvalue weighted by atomic mass is 10.0. The van der Waals surface area contributed by atoms with E-state index in [4.69, 9.17) is 0 Å². The van der Waals surface area contributed by atoms with Crippen LogP contribution < -0.4 is 0 Å². The highest BCUT2D eigenvalue weighted by molar-refractivity contribution is 4.82. The van der Waals surface area contributed by atoms with Gasteiger partial charge in [-0.25, -0.2) is 0 Å². The molecule has 1 aliphatic rings. The molecule has 0 saturated carbocycles. The summed E-state index contributed by atoms with van der Waals surface area (Å²) in [4.78, 5) is 0. The van der Waals surface area contributed by atoms with Crippen molar-refractivity contribution >= 4 is 0 Å². The highest BCUT2D eigenvalue weighted by Crippen LogP contribution is 2.14. The molecule has 0 radical (unpaired) electrons. The van der Waals surface area contributed by atoms with Gasteiger partial charge < -0.3 is 5.11 Å². The molecule has 1 unspecified atom stereocenters. The van der Waals surface area contributed by atoms with Gasteiger partial charge in [0.05, 0.1) is 6.10 Å². The molecule has 0 aromatic heterocycles. The van der Waals surface area contributed by atoms with Crippen LogP contribution in [0, 0.1) is 0 Å². The van der Waals surface area contributed by atoms with E-state index >= 15 is 0 Å². The molecule has 0 aliphatic heterocycles. The Kier molecular flexibility index (Phi) is 9.40. The molecule has 1 atom stereocenters. The number of aliphatic hydroxyl groups excluding tert-OH is 1. The van der Waals surface area contributed by atoms with E-state index in [0.29, 0.717) is 0 Å². The Morgan fingerprint density at radius 3 is 1.82 bits per heavy atom. The van der Waals surface area contributed by atoms with Crippen LogP contribution in [0.15, 0.2) is 12.2 Å². The molecule has 0 heterocycles. The maximum Gasteiger partial charge on any atom is 0.0543 e. The Morgan fingerprint density at radius 2 is 1.12 bits per heavy atom. The first-order valence-corrected chi connectivity index (χ1v) is 7.72. The quantitative estimate of drug-likeness (QED) is 0.590. The van der Waals surface area contributed by atoms with Crippen LogP contribution in [0.25, 0.3) is 0 Å². The lowest BCUT2D eigenvalue weighted by Crippen LogP contribution is -2.05. The van der Waals surface area contributed by atoms with Crippen molar-refractivity contribution in [3.63, 3.8) is 0 Å². The molecule has 1 rings (SSSR count). The number of aliphatic hydroxyl groups is 1. The van der Waals surface area contributed by atoms with Crippen LogP contribution in [0.4, 0.5) is 0 Å². The van der Waals surface area contributed by atoms with Gasteiger partial charge in [0, 0.05) is 0 Å². The molecule has 100 valence electrons. The third-order valence-corrected chi connectivity index (χ3v) is 3.74. The molecule has 0 saturated heterocycles. The van der Waals surface area contributed by atoms with Gasteiger partial charge in [0.1, 0.15) is 0 Å². The topological polar surface area (TPSA) is 20.2 Å². The predicted octanol–water partition coefficient (Wildman–Crippen LogP) is 4.99. The minimum atomic E-state index is -0.0624. The first-order chi connectivity index (χ1) is 8.39. The van der Waals surface area contributed by atoms with Crippen LogP contribution in [-0.2, 0) is 0 Å². The van der Waals surface area contributed by atoms with E-state index in [0.717, 1.165) is 19.3 Å². The van der Waals surface area contributed by atoms with Crippen LogP contribution in [0.1, 0.15) is 83.5 Å². The SMILES string of the molecule is OC1CC/C=C\CCCCCCCCCCC1. The van der Waals surface area contributed by atoms with E-state index in [1.807, 2.05) is 0 Å². The fourth-order valence-electron chi connectivity index (χ4n) is 2.55. The zero-order valence-electron chi connectivity index (χ0n) is 11.4. The standard InChI is InChI=1S/C16H30O/c17-16-14-12-10-8-6-4-2-1-3-5-7-9-11-13-15-16/h8,10,16-17H,1-7,9,11-15H2/b10-8-. The maximum absolute atomic E-state index is 9.79. The molecular formula is C16H30O. The summed E-state index contributed by atoms with van der Waals surface area (Å²) in [6, 6.07) is 0. The smallest absolute Gasteiger partial charge is 0.0543 e. The first kappa shape index (κ1) is 14.8. The van der Waals surface area contributed by atoms with Gasteiger partial charge in [0.25, 0.3) is 0 Å². The molecule has 0 bridgehead atoms. The highest BCUT2D eigenvalue weighted by Gasteiger charge is 2.02. The summed E-state index contributed by atoms with van der Waals surface area (Å²) in [7, 11) is 0. The van der Waals surface area contributed by atoms with Gasteiger partial charge in [0.15, 0.2) is 0 Å². The second kappa shape index (κ2) is 10.8. The largest absolute Gasteiger partial charge is 0.393 e. The van der Waals surface area contributed by atoms with E-state index in [9.17, 15) is 5.11 Å². The second-order valence-corrected chi connectivity index (χ2v) is 5.46. The van der Waals surface area contributed by atoms with Crippen LogP contribution in [-0.4, -0.2) is 11.2 Å². The molecule has 0 spiro atoms. The average Bonchev–Trinajstić information content (AvgIpc) is 2.32. The summed E-state index contributed by atoms with van der Waals surface area (Å²) >= 11 is 0. The molecule has 17 heavy (non-hydrogen) atoms. The van der Waals surface area contributed by atoms with Crippen LogP contribution >= 0.6 is 0 Å². The number of allylic oxidation sites excluding steroid dienone is 2. The Balaban J connectivity index is 2.17. The van der Waals surface area contributed by atoms with Crippen molar-refractivity contribution < 1.29 is 5.11 Å². The lowest BCUT2D eigenvalue weighted by Gasteiger charge is -2.09. The zero-order valence-corrected chi connectivity index (χ0v) is 11.4. The van der Waals surface area contributed by atoms with E-state index < -0.39 is 0 Å². The highest BCUT2D eigenvalue weighted by atomic mass is 16.3. The molecular weight excluding hydrogens is 208 g/mol. The van der Waals surface area contributed by atoms with Crippen molar-refractivity contribution in [2.75, 3.05) is 0 Å². The fraction of sp³-hybridized carbons (Fsp3) is 0.875. The van der Waals surface area contributed by atoms with Crippen molar-refractivity contribution in [2.24, 2.45) is 0 Å². The maximum atomic E-state index is 9.79. The Labute approximate surface area is 107 Å². The fourth-order valence-corrected chi connectivity index (χ4v) is 2.55. The minimum absolute atomic E-state index is 0.0624. The van der Waals surface area contributed by atoms with E-state index in [-0.39, 0.29) is 6.10 Å². The molecule has 0 aromatic carbocycles. The van der Waals surface area contributed by atoms with Gasteiger partial charge in [-0.2, -0.15) is 0 Å². The van der Waals surface area contributed by atoms with Crippen molar-refractivity contribution in [1.82, 2.24) is 0 Å². The third-order valence-electron chi connectivity index (χ3n) is 3.74. The van der Waals surface area contributed by atoms with Crippen LogP contribution in [0.2, 0.25) is 0 Å². The minimum Gasteiger partial charge on any atom is -0.393 e. The molecule has 0 fully saturated rings. The van der Waals surface area contributed by atoms with Crippen molar-refractivity contribution in [1.29, 1.82) is 0 Å². The average molecular weight is 238 g/mol. The number of hydrogen-bond acceptors (Lipinski definition) is 1. The lowest BCUT2D eigenvalue weighted by molar-refractivity contribution is 0.152. The van der Waals surface area contributed by atoms with Gasteiger partial charge in [-0.15, -0.1) is 0 Å². The molecule has 1 nitrogen and oxygen atoms in total. The summed E-state index contributed by atoms with van der Waals surface area (Å²) in [6.07, 6.45) is 21.0. The number of rotatable bonds is 0. The van der Waals surface area contributed by atoms with Gasteiger partial charge in [-0.05, 0) is 32.1 Å². The Hall–Kier alpha value is -0.300.